The molecule has 0 aliphatic carbocycles. The van der Waals surface area contributed by atoms with E-state index >= 15 is 0 Å². The van der Waals surface area contributed by atoms with E-state index in [2.05, 4.69) is 36.3 Å². The standard InChI is InChI=1S/C20H32N4O2/c1-5-21-20(24-13-15(2)11-16(3)14-24)23-10-9-22-19(25)17-7-6-8-18(12-17)26-4/h6-8,12,15-16H,5,9-11,13-14H2,1-4H3,(H,21,23)(H,22,25). The fraction of sp³-hybridized carbons (Fsp3) is 0.600. The second kappa shape index (κ2) is 10.0. The fourth-order valence-corrected chi connectivity index (χ4v) is 3.46. The number of nitrogens with zero attached hydrogens (tertiary/aromatic N) is 2. The van der Waals surface area contributed by atoms with Crippen molar-refractivity contribution in [3.8, 4) is 5.75 Å². The summed E-state index contributed by atoms with van der Waals surface area (Å²) >= 11 is 0. The van der Waals surface area contributed by atoms with E-state index in [-0.39, 0.29) is 5.91 Å². The number of hydrogen-bond acceptors (Lipinski definition) is 3. The first kappa shape index (κ1) is 20.1. The molecule has 0 radical (unpaired) electrons. The molecule has 0 spiro atoms. The molecular weight excluding hydrogens is 328 g/mol. The quantitative estimate of drug-likeness (QED) is 0.464. The predicted molar refractivity (Wildman–Crippen MR) is 106 cm³/mol. The number of hydrogen-bond donors (Lipinski definition) is 2. The van der Waals surface area contributed by atoms with E-state index in [1.807, 2.05) is 12.1 Å². The lowest BCUT2D eigenvalue weighted by atomic mass is 9.92. The molecule has 1 fully saturated rings. The molecule has 6 heteroatoms. The van der Waals surface area contributed by atoms with Crippen LogP contribution in [-0.4, -0.2) is 56.6 Å². The molecule has 2 rings (SSSR count). The normalized spacial score (nSPS) is 20.6. The topological polar surface area (TPSA) is 66.0 Å². The number of benzene rings is 1. The summed E-state index contributed by atoms with van der Waals surface area (Å²) in [6, 6.07) is 7.15. The molecule has 1 aliphatic heterocycles. The number of carbonyl (C=O) groups excluding carboxylic acids is 1. The van der Waals surface area contributed by atoms with Gasteiger partial charge in [-0.05, 0) is 43.4 Å². The molecule has 1 aromatic carbocycles. The Labute approximate surface area is 157 Å². The molecule has 144 valence electrons. The zero-order chi connectivity index (χ0) is 18.9. The van der Waals surface area contributed by atoms with Crippen molar-refractivity contribution in [2.45, 2.75) is 27.2 Å². The minimum atomic E-state index is -0.107. The van der Waals surface area contributed by atoms with Crippen molar-refractivity contribution in [1.82, 2.24) is 15.5 Å². The van der Waals surface area contributed by atoms with Gasteiger partial charge >= 0.3 is 0 Å². The highest BCUT2D eigenvalue weighted by molar-refractivity contribution is 5.94. The Morgan fingerprint density at radius 2 is 2.00 bits per heavy atom. The predicted octanol–water partition coefficient (Wildman–Crippen LogP) is 2.37. The first-order valence-corrected chi connectivity index (χ1v) is 9.49. The molecule has 1 saturated heterocycles. The van der Waals surface area contributed by atoms with Gasteiger partial charge in [-0.3, -0.25) is 9.79 Å². The molecule has 1 heterocycles. The van der Waals surface area contributed by atoms with Gasteiger partial charge in [0.25, 0.3) is 5.91 Å². The largest absolute Gasteiger partial charge is 0.497 e. The highest BCUT2D eigenvalue weighted by Gasteiger charge is 2.23. The third-order valence-electron chi connectivity index (χ3n) is 4.49. The van der Waals surface area contributed by atoms with E-state index in [0.717, 1.165) is 25.6 Å². The highest BCUT2D eigenvalue weighted by Crippen LogP contribution is 2.20. The molecule has 1 amide bonds. The maximum atomic E-state index is 12.2. The summed E-state index contributed by atoms with van der Waals surface area (Å²) in [5.41, 5.74) is 0.596. The van der Waals surface area contributed by atoms with Crippen LogP contribution in [0.1, 0.15) is 37.6 Å². The summed E-state index contributed by atoms with van der Waals surface area (Å²) in [5.74, 6) is 2.87. The van der Waals surface area contributed by atoms with Crippen molar-refractivity contribution >= 4 is 11.9 Å². The average Bonchev–Trinajstić information content (AvgIpc) is 2.63. The molecule has 0 aromatic heterocycles. The number of carbonyl (C=O) groups is 1. The Hall–Kier alpha value is -2.24. The number of guanidine groups is 1. The van der Waals surface area contributed by atoms with Gasteiger partial charge < -0.3 is 20.3 Å². The Morgan fingerprint density at radius 1 is 1.27 bits per heavy atom. The van der Waals surface area contributed by atoms with Crippen LogP contribution in [0.2, 0.25) is 0 Å². The van der Waals surface area contributed by atoms with Gasteiger partial charge in [0.15, 0.2) is 5.96 Å². The number of ether oxygens (including phenoxy) is 1. The van der Waals surface area contributed by atoms with Crippen molar-refractivity contribution in [3.63, 3.8) is 0 Å². The molecular formula is C20H32N4O2. The van der Waals surface area contributed by atoms with Gasteiger partial charge in [-0.1, -0.05) is 19.9 Å². The van der Waals surface area contributed by atoms with Crippen LogP contribution >= 0.6 is 0 Å². The van der Waals surface area contributed by atoms with Gasteiger partial charge in [0.1, 0.15) is 5.75 Å². The molecule has 6 nitrogen and oxygen atoms in total. The van der Waals surface area contributed by atoms with E-state index in [1.165, 1.54) is 6.42 Å². The lowest BCUT2D eigenvalue weighted by Gasteiger charge is -2.37. The molecule has 0 bridgehead atoms. The molecule has 1 aromatic rings. The zero-order valence-corrected chi connectivity index (χ0v) is 16.4. The van der Waals surface area contributed by atoms with Crippen molar-refractivity contribution in [2.75, 3.05) is 39.8 Å². The minimum absolute atomic E-state index is 0.107. The van der Waals surface area contributed by atoms with E-state index < -0.39 is 0 Å². The van der Waals surface area contributed by atoms with E-state index in [1.54, 1.807) is 19.2 Å². The molecule has 26 heavy (non-hydrogen) atoms. The average molecular weight is 361 g/mol. The third kappa shape index (κ3) is 5.93. The number of nitrogens with one attached hydrogen (secondary N) is 2. The van der Waals surface area contributed by atoms with Crippen LogP contribution in [0.4, 0.5) is 0 Å². The van der Waals surface area contributed by atoms with Crippen molar-refractivity contribution < 1.29 is 9.53 Å². The Balaban J connectivity index is 1.88. The minimum Gasteiger partial charge on any atom is -0.497 e. The molecule has 0 saturated carbocycles. The fourth-order valence-electron chi connectivity index (χ4n) is 3.46. The summed E-state index contributed by atoms with van der Waals surface area (Å²) in [4.78, 5) is 19.3. The summed E-state index contributed by atoms with van der Waals surface area (Å²) in [5, 5.41) is 6.30. The van der Waals surface area contributed by atoms with Crippen LogP contribution in [0.5, 0.6) is 5.75 Å². The summed E-state index contributed by atoms with van der Waals surface area (Å²) in [6.45, 7) is 10.6. The van der Waals surface area contributed by atoms with Gasteiger partial charge in [-0.25, -0.2) is 0 Å². The van der Waals surface area contributed by atoms with Crippen molar-refractivity contribution in [1.29, 1.82) is 0 Å². The van der Waals surface area contributed by atoms with Crippen molar-refractivity contribution in [2.24, 2.45) is 16.8 Å². The van der Waals surface area contributed by atoms with Crippen LogP contribution in [-0.2, 0) is 0 Å². The number of rotatable bonds is 6. The molecule has 2 N–H and O–H groups in total. The number of likely N-dealkylation sites (tertiary alicyclic amines) is 1. The monoisotopic (exact) mass is 360 g/mol. The van der Waals surface area contributed by atoms with Gasteiger partial charge in [0.05, 0.1) is 13.7 Å². The number of amides is 1. The summed E-state index contributed by atoms with van der Waals surface area (Å²) < 4.78 is 5.16. The molecule has 1 aliphatic rings. The maximum Gasteiger partial charge on any atom is 0.251 e. The van der Waals surface area contributed by atoms with Crippen LogP contribution in [0, 0.1) is 11.8 Å². The molecule has 2 unspecified atom stereocenters. The zero-order valence-electron chi connectivity index (χ0n) is 16.4. The van der Waals surface area contributed by atoms with E-state index in [9.17, 15) is 4.79 Å². The lowest BCUT2D eigenvalue weighted by molar-refractivity contribution is 0.0954. The van der Waals surface area contributed by atoms with Gasteiger partial charge in [0, 0.05) is 31.7 Å². The summed E-state index contributed by atoms with van der Waals surface area (Å²) in [6.07, 6.45) is 1.27. The van der Waals surface area contributed by atoms with Crippen LogP contribution < -0.4 is 15.4 Å². The second-order valence-corrected chi connectivity index (χ2v) is 7.07. The number of aliphatic imine (C=N–C) groups is 1. The third-order valence-corrected chi connectivity index (χ3v) is 4.49. The van der Waals surface area contributed by atoms with Crippen LogP contribution in [0.3, 0.4) is 0 Å². The summed E-state index contributed by atoms with van der Waals surface area (Å²) in [7, 11) is 1.59. The van der Waals surface area contributed by atoms with Gasteiger partial charge in [-0.15, -0.1) is 0 Å². The molecule has 2 atom stereocenters. The number of methoxy groups -OCH3 is 1. The lowest BCUT2D eigenvalue weighted by Crippen LogP contribution is -2.48. The Morgan fingerprint density at radius 3 is 2.65 bits per heavy atom. The maximum absolute atomic E-state index is 12.2. The van der Waals surface area contributed by atoms with E-state index in [0.29, 0.717) is 36.2 Å². The van der Waals surface area contributed by atoms with Crippen LogP contribution in [0.25, 0.3) is 0 Å². The number of piperidine rings is 1. The SMILES string of the molecule is CCNC(=NCCNC(=O)c1cccc(OC)c1)N1CC(C)CC(C)C1. The first-order chi connectivity index (χ1) is 12.5. The smallest absolute Gasteiger partial charge is 0.251 e. The highest BCUT2D eigenvalue weighted by atomic mass is 16.5. The van der Waals surface area contributed by atoms with Gasteiger partial charge in [0.2, 0.25) is 0 Å². The Bertz CT molecular complexity index is 608. The second-order valence-electron chi connectivity index (χ2n) is 7.07. The first-order valence-electron chi connectivity index (χ1n) is 9.49. The van der Waals surface area contributed by atoms with Crippen molar-refractivity contribution in [3.05, 3.63) is 29.8 Å². The van der Waals surface area contributed by atoms with E-state index in [4.69, 9.17) is 9.73 Å². The van der Waals surface area contributed by atoms with Crippen LogP contribution in [0.15, 0.2) is 29.3 Å². The van der Waals surface area contributed by atoms with Gasteiger partial charge in [-0.2, -0.15) is 0 Å². The Kier molecular flexibility index (Phi) is 7.75.